The molecule has 1 N–H and O–H groups in total. The summed E-state index contributed by atoms with van der Waals surface area (Å²) in [6.45, 7) is 5.22. The van der Waals surface area contributed by atoms with Gasteiger partial charge in [-0.3, -0.25) is 4.79 Å². The van der Waals surface area contributed by atoms with E-state index in [-0.39, 0.29) is 18.3 Å². The molecule has 1 saturated heterocycles. The molecule has 1 aliphatic rings. The number of aryl methyl sites for hydroxylation is 1. The van der Waals surface area contributed by atoms with Gasteiger partial charge in [-0.05, 0) is 36.2 Å². The van der Waals surface area contributed by atoms with Crippen LogP contribution in [0.2, 0.25) is 0 Å². The Morgan fingerprint density at radius 1 is 1.00 bits per heavy atom. The van der Waals surface area contributed by atoms with E-state index in [0.29, 0.717) is 0 Å². The van der Waals surface area contributed by atoms with Gasteiger partial charge in [-0.15, -0.1) is 22.6 Å². The first-order valence-corrected chi connectivity index (χ1v) is 9.53. The molecule has 0 radical (unpaired) electrons. The number of nitrogens with one attached hydrogen (secondary N) is 1. The minimum atomic E-state index is 0. The number of amides is 1. The van der Waals surface area contributed by atoms with E-state index >= 15 is 0 Å². The van der Waals surface area contributed by atoms with Crippen molar-refractivity contribution in [2.24, 2.45) is 0 Å². The van der Waals surface area contributed by atoms with E-state index in [1.165, 1.54) is 0 Å². The quantitative estimate of drug-likeness (QED) is 0.729. The Balaban J connectivity index is 0.00000210. The fraction of sp³-hybridized carbons (Fsp3) is 0.250. The molecule has 0 bridgehead atoms. The van der Waals surface area contributed by atoms with Crippen LogP contribution < -0.4 is 5.32 Å². The fourth-order valence-electron chi connectivity index (χ4n) is 3.10. The van der Waals surface area contributed by atoms with Gasteiger partial charge in [-0.25, -0.2) is 0 Å². The van der Waals surface area contributed by atoms with Crippen molar-refractivity contribution in [2.75, 3.05) is 26.2 Å². The third kappa shape index (κ3) is 4.35. The van der Waals surface area contributed by atoms with Gasteiger partial charge in [0.15, 0.2) is 0 Å². The number of carbonyl (C=O) groups excluding carboxylic acids is 1. The topological polar surface area (TPSA) is 58.1 Å². The van der Waals surface area contributed by atoms with Gasteiger partial charge in [-0.1, -0.05) is 41.7 Å². The Bertz CT molecular complexity index is 920. The maximum Gasteiger partial charge on any atom is 0.253 e. The molecular weight excluding hydrogens is 380 g/mol. The first kappa shape index (κ1) is 19.5. The second-order valence-electron chi connectivity index (χ2n) is 6.33. The van der Waals surface area contributed by atoms with Crippen LogP contribution in [0.3, 0.4) is 0 Å². The summed E-state index contributed by atoms with van der Waals surface area (Å²) in [6, 6.07) is 16.1. The molecule has 1 amide bonds. The van der Waals surface area contributed by atoms with Gasteiger partial charge in [0.2, 0.25) is 0 Å². The van der Waals surface area contributed by atoms with Crippen LogP contribution in [0.4, 0.5) is 0 Å². The van der Waals surface area contributed by atoms with Crippen molar-refractivity contribution in [2.45, 2.75) is 6.92 Å². The van der Waals surface area contributed by atoms with E-state index < -0.39 is 0 Å². The smallest absolute Gasteiger partial charge is 0.253 e. The molecule has 0 unspecified atom stereocenters. The highest BCUT2D eigenvalue weighted by Crippen LogP contribution is 2.28. The minimum Gasteiger partial charge on any atom is -0.336 e. The molecule has 4 rings (SSSR count). The van der Waals surface area contributed by atoms with E-state index in [1.807, 2.05) is 48.2 Å². The van der Waals surface area contributed by atoms with Crippen LogP contribution in [0.15, 0.2) is 48.5 Å². The third-order valence-corrected chi connectivity index (χ3v) is 5.39. The first-order chi connectivity index (χ1) is 12.7. The van der Waals surface area contributed by atoms with Crippen molar-refractivity contribution in [1.82, 2.24) is 20.4 Å². The fourth-order valence-corrected chi connectivity index (χ4v) is 3.79. The summed E-state index contributed by atoms with van der Waals surface area (Å²) in [5, 5.41) is 13.5. The number of aromatic nitrogens is 2. The standard InChI is InChI=1S/C20H20N4OS.ClH/c1-14-22-23-19(26-14)18-4-2-3-17(13-18)15-5-7-16(8-6-15)20(25)24-11-9-21-10-12-24;/h2-8,13,21H,9-12H2,1H3;1H. The molecule has 1 fully saturated rings. The summed E-state index contributed by atoms with van der Waals surface area (Å²) in [6.07, 6.45) is 0. The Kier molecular flexibility index (Phi) is 6.21. The van der Waals surface area contributed by atoms with Gasteiger partial charge >= 0.3 is 0 Å². The van der Waals surface area contributed by atoms with Crippen molar-refractivity contribution in [3.63, 3.8) is 0 Å². The number of benzene rings is 2. The molecule has 140 valence electrons. The van der Waals surface area contributed by atoms with Gasteiger partial charge in [-0.2, -0.15) is 0 Å². The molecule has 0 atom stereocenters. The molecule has 1 aromatic heterocycles. The van der Waals surface area contributed by atoms with E-state index in [4.69, 9.17) is 0 Å². The maximum atomic E-state index is 12.6. The van der Waals surface area contributed by atoms with Gasteiger partial charge in [0.25, 0.3) is 5.91 Å². The number of hydrogen-bond donors (Lipinski definition) is 1. The predicted octanol–water partition coefficient (Wildman–Crippen LogP) is 3.65. The van der Waals surface area contributed by atoms with Crippen molar-refractivity contribution in [1.29, 1.82) is 0 Å². The second-order valence-corrected chi connectivity index (χ2v) is 7.51. The van der Waals surface area contributed by atoms with Gasteiger partial charge in [0.05, 0.1) is 0 Å². The number of hydrogen-bond acceptors (Lipinski definition) is 5. The van der Waals surface area contributed by atoms with Crippen LogP contribution in [-0.2, 0) is 0 Å². The van der Waals surface area contributed by atoms with E-state index in [1.54, 1.807) is 11.3 Å². The lowest BCUT2D eigenvalue weighted by Gasteiger charge is -2.27. The zero-order valence-electron chi connectivity index (χ0n) is 15.0. The van der Waals surface area contributed by atoms with Crippen molar-refractivity contribution >= 4 is 29.7 Å². The molecule has 2 heterocycles. The van der Waals surface area contributed by atoms with Crippen LogP contribution in [0.25, 0.3) is 21.7 Å². The highest BCUT2D eigenvalue weighted by atomic mass is 35.5. The van der Waals surface area contributed by atoms with Crippen molar-refractivity contribution in [3.8, 4) is 21.7 Å². The molecule has 2 aromatic carbocycles. The lowest BCUT2D eigenvalue weighted by molar-refractivity contribution is 0.0736. The molecule has 5 nitrogen and oxygen atoms in total. The SMILES string of the molecule is Cc1nnc(-c2cccc(-c3ccc(C(=O)N4CCNCC4)cc3)c2)s1.Cl. The highest BCUT2D eigenvalue weighted by molar-refractivity contribution is 7.14. The summed E-state index contributed by atoms with van der Waals surface area (Å²) in [7, 11) is 0. The predicted molar refractivity (Wildman–Crippen MR) is 112 cm³/mol. The average molecular weight is 401 g/mol. The number of nitrogens with zero attached hydrogens (tertiary/aromatic N) is 3. The number of carbonyl (C=O) groups is 1. The summed E-state index contributed by atoms with van der Waals surface area (Å²) in [4.78, 5) is 14.5. The molecule has 27 heavy (non-hydrogen) atoms. The molecule has 1 aliphatic heterocycles. The summed E-state index contributed by atoms with van der Waals surface area (Å²) < 4.78 is 0. The van der Waals surface area contributed by atoms with Gasteiger partial charge < -0.3 is 10.2 Å². The van der Waals surface area contributed by atoms with Crippen LogP contribution in [0.5, 0.6) is 0 Å². The number of rotatable bonds is 3. The number of piperazine rings is 1. The van der Waals surface area contributed by atoms with Crippen LogP contribution >= 0.6 is 23.7 Å². The lowest BCUT2D eigenvalue weighted by atomic mass is 10.0. The molecule has 7 heteroatoms. The highest BCUT2D eigenvalue weighted by Gasteiger charge is 2.17. The van der Waals surface area contributed by atoms with E-state index in [2.05, 4.69) is 27.6 Å². The Morgan fingerprint density at radius 2 is 1.70 bits per heavy atom. The summed E-state index contributed by atoms with van der Waals surface area (Å²) >= 11 is 1.59. The van der Waals surface area contributed by atoms with E-state index in [0.717, 1.165) is 58.4 Å². The first-order valence-electron chi connectivity index (χ1n) is 8.72. The normalized spacial score (nSPS) is 13.9. The minimum absolute atomic E-state index is 0. The second kappa shape index (κ2) is 8.61. The number of halogens is 1. The molecule has 0 spiro atoms. The summed E-state index contributed by atoms with van der Waals surface area (Å²) in [5.41, 5.74) is 4.00. The molecule has 3 aromatic rings. The average Bonchev–Trinajstić information content (AvgIpc) is 3.15. The molecule has 0 saturated carbocycles. The third-order valence-electron chi connectivity index (χ3n) is 4.50. The van der Waals surface area contributed by atoms with Gasteiger partial charge in [0.1, 0.15) is 10.0 Å². The monoisotopic (exact) mass is 400 g/mol. The maximum absolute atomic E-state index is 12.6. The Labute approximate surface area is 168 Å². The molecule has 0 aliphatic carbocycles. The van der Waals surface area contributed by atoms with E-state index in [9.17, 15) is 4.79 Å². The van der Waals surface area contributed by atoms with Crippen LogP contribution in [0.1, 0.15) is 15.4 Å². The van der Waals surface area contributed by atoms with Crippen molar-refractivity contribution in [3.05, 3.63) is 59.1 Å². The molecular formula is C20H21ClN4OS. The summed E-state index contributed by atoms with van der Waals surface area (Å²) in [5.74, 6) is 0.108. The lowest BCUT2D eigenvalue weighted by Crippen LogP contribution is -2.46. The van der Waals surface area contributed by atoms with Crippen molar-refractivity contribution < 1.29 is 4.79 Å². The Hall–Kier alpha value is -2.28. The largest absolute Gasteiger partial charge is 0.336 e. The Morgan fingerprint density at radius 3 is 2.37 bits per heavy atom. The zero-order valence-corrected chi connectivity index (χ0v) is 16.6. The zero-order chi connectivity index (χ0) is 17.9. The van der Waals surface area contributed by atoms with Gasteiger partial charge in [0, 0.05) is 37.3 Å². The van der Waals surface area contributed by atoms with Crippen LogP contribution in [0, 0.1) is 6.92 Å². The van der Waals surface area contributed by atoms with Crippen LogP contribution in [-0.4, -0.2) is 47.2 Å².